The van der Waals surface area contributed by atoms with Crippen LogP contribution in [-0.4, -0.2) is 31.1 Å². The summed E-state index contributed by atoms with van der Waals surface area (Å²) in [4.78, 5) is 26.2. The summed E-state index contributed by atoms with van der Waals surface area (Å²) in [5.41, 5.74) is 2.83. The molecule has 2 N–H and O–H groups in total. The molecular formula is C24H16Cl2N6O2. The minimum absolute atomic E-state index is 0.161. The fourth-order valence-corrected chi connectivity index (χ4v) is 3.95. The molecule has 2 aromatic heterocycles. The lowest BCUT2D eigenvalue weighted by atomic mass is 10.0. The molecule has 0 spiro atoms. The van der Waals surface area contributed by atoms with Crippen molar-refractivity contribution in [3.8, 4) is 16.9 Å². The zero-order chi connectivity index (χ0) is 23.8. The first-order valence-corrected chi connectivity index (χ1v) is 11.0. The van der Waals surface area contributed by atoms with Gasteiger partial charge in [-0.05, 0) is 37.3 Å². The van der Waals surface area contributed by atoms with Crippen LogP contribution in [0.2, 0.25) is 10.0 Å². The van der Waals surface area contributed by atoms with Crippen molar-refractivity contribution in [1.82, 2.24) is 25.2 Å². The number of nitrogens with one attached hydrogen (secondary N) is 2. The highest BCUT2D eigenvalue weighted by Gasteiger charge is 2.18. The van der Waals surface area contributed by atoms with E-state index in [2.05, 4.69) is 25.7 Å². The van der Waals surface area contributed by atoms with E-state index in [4.69, 9.17) is 23.2 Å². The smallest absolute Gasteiger partial charge is 0.278 e. The molecule has 3 aromatic carbocycles. The number of hydrogen-bond donors (Lipinski definition) is 2. The topological polar surface area (TPSA) is 106 Å². The summed E-state index contributed by atoms with van der Waals surface area (Å²) in [6, 6.07) is 19.5. The number of aromatic amines is 1. The minimum Gasteiger partial charge on any atom is -0.321 e. The number of rotatable bonds is 4. The van der Waals surface area contributed by atoms with Crippen molar-refractivity contribution in [3.63, 3.8) is 0 Å². The van der Waals surface area contributed by atoms with Crippen LogP contribution in [0.1, 0.15) is 16.2 Å². The van der Waals surface area contributed by atoms with Gasteiger partial charge in [-0.15, -0.1) is 9.90 Å². The van der Waals surface area contributed by atoms with E-state index in [1.165, 1.54) is 4.80 Å². The number of H-pyrrole nitrogens is 1. The Labute approximate surface area is 203 Å². The first-order valence-electron chi connectivity index (χ1n) is 10.2. The third kappa shape index (κ3) is 3.93. The summed E-state index contributed by atoms with van der Waals surface area (Å²) in [6.45, 7) is 1.69. The molecule has 0 aliphatic carbocycles. The number of fused-ring (bicyclic) bond motifs is 1. The highest BCUT2D eigenvalue weighted by molar-refractivity contribution is 6.43. The van der Waals surface area contributed by atoms with Crippen molar-refractivity contribution >= 4 is 45.6 Å². The van der Waals surface area contributed by atoms with Crippen molar-refractivity contribution in [2.45, 2.75) is 6.92 Å². The molecule has 0 radical (unpaired) electrons. The highest BCUT2D eigenvalue weighted by Crippen LogP contribution is 2.28. The monoisotopic (exact) mass is 490 g/mol. The third-order valence-electron chi connectivity index (χ3n) is 5.26. The van der Waals surface area contributed by atoms with Gasteiger partial charge in [0, 0.05) is 16.6 Å². The van der Waals surface area contributed by atoms with E-state index in [1.54, 1.807) is 49.4 Å². The lowest BCUT2D eigenvalue weighted by molar-refractivity contribution is 0.102. The van der Waals surface area contributed by atoms with E-state index in [9.17, 15) is 9.59 Å². The van der Waals surface area contributed by atoms with Gasteiger partial charge in [-0.25, -0.2) is 5.10 Å². The van der Waals surface area contributed by atoms with E-state index in [-0.39, 0.29) is 11.3 Å². The Morgan fingerprint density at radius 1 is 0.941 bits per heavy atom. The molecule has 5 rings (SSSR count). The number of halogens is 2. The van der Waals surface area contributed by atoms with Crippen LogP contribution in [0, 0.1) is 6.92 Å². The maximum Gasteiger partial charge on any atom is 0.278 e. The first kappa shape index (κ1) is 21.8. The Kier molecular flexibility index (Phi) is 5.61. The van der Waals surface area contributed by atoms with E-state index >= 15 is 0 Å². The molecule has 34 heavy (non-hydrogen) atoms. The number of carbonyl (C=O) groups is 1. The maximum atomic E-state index is 12.9. The zero-order valence-corrected chi connectivity index (χ0v) is 19.2. The van der Waals surface area contributed by atoms with E-state index in [0.717, 1.165) is 10.9 Å². The Morgan fingerprint density at radius 2 is 1.68 bits per heavy atom. The number of anilines is 1. The molecule has 0 saturated heterocycles. The number of benzene rings is 3. The lowest BCUT2D eigenvalue weighted by Gasteiger charge is -2.07. The molecule has 5 aromatic rings. The van der Waals surface area contributed by atoms with E-state index in [0.29, 0.717) is 38.2 Å². The normalized spacial score (nSPS) is 11.0. The lowest BCUT2D eigenvalue weighted by Crippen LogP contribution is -2.14. The van der Waals surface area contributed by atoms with E-state index < -0.39 is 5.91 Å². The van der Waals surface area contributed by atoms with Crippen LogP contribution in [0.4, 0.5) is 5.69 Å². The first-order chi connectivity index (χ1) is 16.4. The van der Waals surface area contributed by atoms with Gasteiger partial charge in [0.05, 0.1) is 26.8 Å². The standard InChI is InChI=1S/C24H16Cl2N6O2/c1-13-21(31-32(30-13)19-8-4-7-18(25)20(19)26)24(34)27-15-11-9-14(10-12-15)22-16-5-2-3-6-17(16)23(33)29-28-22/h2-12H,1H3,(H,27,34)(H,29,33). The molecule has 168 valence electrons. The number of carbonyl (C=O) groups excluding carboxylic acids is 1. The average molecular weight is 491 g/mol. The summed E-state index contributed by atoms with van der Waals surface area (Å²) in [5, 5.41) is 20.1. The average Bonchev–Trinajstić information content (AvgIpc) is 3.23. The quantitative estimate of drug-likeness (QED) is 0.367. The largest absolute Gasteiger partial charge is 0.321 e. The number of nitrogens with zero attached hydrogens (tertiary/aromatic N) is 4. The van der Waals surface area contributed by atoms with Crippen LogP contribution in [0.15, 0.2) is 71.5 Å². The molecule has 8 nitrogen and oxygen atoms in total. The number of aromatic nitrogens is 5. The second-order valence-electron chi connectivity index (χ2n) is 7.47. The van der Waals surface area contributed by atoms with Crippen molar-refractivity contribution in [2.24, 2.45) is 0 Å². The second kappa shape index (κ2) is 8.74. The van der Waals surface area contributed by atoms with Crippen LogP contribution < -0.4 is 10.9 Å². The van der Waals surface area contributed by atoms with Gasteiger partial charge in [-0.3, -0.25) is 9.59 Å². The number of hydrogen-bond acceptors (Lipinski definition) is 5. The summed E-state index contributed by atoms with van der Waals surface area (Å²) < 4.78 is 0. The van der Waals surface area contributed by atoms with E-state index in [1.807, 2.05) is 24.3 Å². The molecule has 0 unspecified atom stereocenters. The molecule has 0 fully saturated rings. The second-order valence-corrected chi connectivity index (χ2v) is 8.26. The van der Waals surface area contributed by atoms with Crippen molar-refractivity contribution < 1.29 is 4.79 Å². The Hall–Kier alpha value is -4.01. The summed E-state index contributed by atoms with van der Waals surface area (Å²) in [7, 11) is 0. The molecule has 0 saturated carbocycles. The Morgan fingerprint density at radius 3 is 2.44 bits per heavy atom. The molecule has 0 bridgehead atoms. The number of aryl methyl sites for hydroxylation is 1. The molecule has 0 aliphatic heterocycles. The van der Waals surface area contributed by atoms with Gasteiger partial charge in [0.2, 0.25) is 0 Å². The fourth-order valence-electron chi connectivity index (χ4n) is 3.58. The van der Waals surface area contributed by atoms with Crippen LogP contribution in [0.5, 0.6) is 0 Å². The van der Waals surface area contributed by atoms with Gasteiger partial charge >= 0.3 is 0 Å². The SMILES string of the molecule is Cc1nn(-c2cccc(Cl)c2Cl)nc1C(=O)Nc1ccc(-c2n[nH]c(=O)c3ccccc23)cc1. The number of amides is 1. The van der Waals surface area contributed by atoms with Crippen molar-refractivity contribution in [3.05, 3.63) is 98.5 Å². The van der Waals surface area contributed by atoms with Crippen LogP contribution in [-0.2, 0) is 0 Å². The molecular weight excluding hydrogens is 475 g/mol. The van der Waals surface area contributed by atoms with Crippen LogP contribution in [0.25, 0.3) is 27.7 Å². The van der Waals surface area contributed by atoms with Crippen LogP contribution >= 0.6 is 23.2 Å². The predicted octanol–water partition coefficient (Wildman–Crippen LogP) is 5.04. The van der Waals surface area contributed by atoms with Gasteiger partial charge in [-0.2, -0.15) is 10.2 Å². The van der Waals surface area contributed by atoms with Crippen molar-refractivity contribution in [2.75, 3.05) is 5.32 Å². The summed E-state index contributed by atoms with van der Waals surface area (Å²) >= 11 is 12.3. The van der Waals surface area contributed by atoms with Gasteiger partial charge in [0.1, 0.15) is 5.69 Å². The van der Waals surface area contributed by atoms with Crippen molar-refractivity contribution in [1.29, 1.82) is 0 Å². The minimum atomic E-state index is -0.415. The Bertz CT molecular complexity index is 1610. The van der Waals surface area contributed by atoms with Crippen LogP contribution in [0.3, 0.4) is 0 Å². The summed E-state index contributed by atoms with van der Waals surface area (Å²) in [6.07, 6.45) is 0. The molecule has 10 heteroatoms. The van der Waals surface area contributed by atoms with Gasteiger partial charge in [0.25, 0.3) is 11.5 Å². The maximum absolute atomic E-state index is 12.9. The molecule has 0 atom stereocenters. The Balaban J connectivity index is 1.40. The highest BCUT2D eigenvalue weighted by atomic mass is 35.5. The zero-order valence-electron chi connectivity index (χ0n) is 17.7. The van der Waals surface area contributed by atoms with Gasteiger partial charge in [-0.1, -0.05) is 59.6 Å². The third-order valence-corrected chi connectivity index (χ3v) is 6.07. The molecule has 2 heterocycles. The predicted molar refractivity (Wildman–Crippen MR) is 132 cm³/mol. The molecule has 0 aliphatic rings. The fraction of sp³-hybridized carbons (Fsp3) is 0.0417. The summed E-state index contributed by atoms with van der Waals surface area (Å²) in [5.74, 6) is -0.415. The van der Waals surface area contributed by atoms with Gasteiger partial charge < -0.3 is 5.32 Å². The molecule has 1 amide bonds. The van der Waals surface area contributed by atoms with Gasteiger partial charge in [0.15, 0.2) is 5.69 Å².